The van der Waals surface area contributed by atoms with E-state index in [1.165, 1.54) is 44.9 Å². The molecule has 0 saturated carbocycles. The summed E-state index contributed by atoms with van der Waals surface area (Å²) in [6.45, 7) is 6.71. The van der Waals surface area contributed by atoms with Crippen molar-refractivity contribution in [1.82, 2.24) is 0 Å². The fourth-order valence-corrected chi connectivity index (χ4v) is 1.57. The lowest BCUT2D eigenvalue weighted by Crippen LogP contribution is -1.87. The van der Waals surface area contributed by atoms with Crippen molar-refractivity contribution in [3.05, 3.63) is 0 Å². The maximum atomic E-state index is 3.32. The van der Waals surface area contributed by atoms with Gasteiger partial charge in [-0.1, -0.05) is 52.9 Å². The molecule has 0 radical (unpaired) electrons. The van der Waals surface area contributed by atoms with E-state index < -0.39 is 0 Å². The van der Waals surface area contributed by atoms with Gasteiger partial charge in [0, 0.05) is 12.3 Å². The molecule has 0 N–H and O–H groups in total. The van der Waals surface area contributed by atoms with Gasteiger partial charge >= 0.3 is 0 Å². The molecule has 0 aromatic heterocycles. The SMILES string of the molecule is CCCCCCCC#CC(C)CCC. The largest absolute Gasteiger partial charge is 0.103 e. The van der Waals surface area contributed by atoms with E-state index in [9.17, 15) is 0 Å². The van der Waals surface area contributed by atoms with Gasteiger partial charge in [0.1, 0.15) is 0 Å². The molecular formula is C14H26. The molecule has 0 aromatic carbocycles. The molecule has 0 fully saturated rings. The van der Waals surface area contributed by atoms with E-state index >= 15 is 0 Å². The Morgan fingerprint density at radius 3 is 2.29 bits per heavy atom. The second kappa shape index (κ2) is 10.6. The topological polar surface area (TPSA) is 0 Å². The van der Waals surface area contributed by atoms with Gasteiger partial charge in [-0.25, -0.2) is 0 Å². The van der Waals surface area contributed by atoms with Gasteiger partial charge in [-0.3, -0.25) is 0 Å². The van der Waals surface area contributed by atoms with Crippen molar-refractivity contribution < 1.29 is 0 Å². The fraction of sp³-hybridized carbons (Fsp3) is 0.857. The van der Waals surface area contributed by atoms with Crippen molar-refractivity contribution in [1.29, 1.82) is 0 Å². The summed E-state index contributed by atoms with van der Waals surface area (Å²) < 4.78 is 0. The lowest BCUT2D eigenvalue weighted by molar-refractivity contribution is 0.637. The summed E-state index contributed by atoms with van der Waals surface area (Å²) in [5, 5.41) is 0. The number of hydrogen-bond donors (Lipinski definition) is 0. The second-order valence-electron chi connectivity index (χ2n) is 4.18. The molecule has 0 aromatic rings. The molecule has 0 heteroatoms. The van der Waals surface area contributed by atoms with Crippen molar-refractivity contribution in [2.45, 2.75) is 72.1 Å². The Labute approximate surface area is 90.5 Å². The van der Waals surface area contributed by atoms with Gasteiger partial charge < -0.3 is 0 Å². The molecule has 0 rings (SSSR count). The Balaban J connectivity index is 3.24. The smallest absolute Gasteiger partial charge is 0.0174 e. The third kappa shape index (κ3) is 9.65. The molecule has 0 amide bonds. The zero-order valence-corrected chi connectivity index (χ0v) is 10.2. The second-order valence-corrected chi connectivity index (χ2v) is 4.18. The van der Waals surface area contributed by atoms with Crippen molar-refractivity contribution >= 4 is 0 Å². The molecular weight excluding hydrogens is 168 g/mol. The summed E-state index contributed by atoms with van der Waals surface area (Å²) in [6, 6.07) is 0. The molecule has 14 heavy (non-hydrogen) atoms. The zero-order valence-electron chi connectivity index (χ0n) is 10.2. The highest BCUT2D eigenvalue weighted by atomic mass is 14.0. The van der Waals surface area contributed by atoms with Crippen molar-refractivity contribution in [3.8, 4) is 11.8 Å². The highest BCUT2D eigenvalue weighted by molar-refractivity contribution is 5.02. The molecule has 0 heterocycles. The number of unbranched alkanes of at least 4 members (excludes halogenated alkanes) is 5. The van der Waals surface area contributed by atoms with E-state index in [2.05, 4.69) is 32.6 Å². The van der Waals surface area contributed by atoms with Gasteiger partial charge in [0.25, 0.3) is 0 Å². The summed E-state index contributed by atoms with van der Waals surface area (Å²) in [7, 11) is 0. The lowest BCUT2D eigenvalue weighted by Gasteiger charge is -1.98. The molecule has 0 spiro atoms. The maximum absolute atomic E-state index is 3.32. The average molecular weight is 194 g/mol. The fourth-order valence-electron chi connectivity index (χ4n) is 1.57. The monoisotopic (exact) mass is 194 g/mol. The van der Waals surface area contributed by atoms with Crippen LogP contribution in [-0.4, -0.2) is 0 Å². The minimum Gasteiger partial charge on any atom is -0.103 e. The molecule has 0 aliphatic heterocycles. The van der Waals surface area contributed by atoms with Crippen molar-refractivity contribution in [3.63, 3.8) is 0 Å². The van der Waals surface area contributed by atoms with Gasteiger partial charge in [0.2, 0.25) is 0 Å². The zero-order chi connectivity index (χ0) is 10.6. The molecule has 0 bridgehead atoms. The first-order chi connectivity index (χ1) is 6.81. The van der Waals surface area contributed by atoms with Crippen LogP contribution in [0, 0.1) is 17.8 Å². The number of rotatable bonds is 7. The van der Waals surface area contributed by atoms with E-state index in [0.717, 1.165) is 6.42 Å². The molecule has 0 aliphatic rings. The minimum absolute atomic E-state index is 0.607. The third-order valence-corrected chi connectivity index (χ3v) is 2.48. The van der Waals surface area contributed by atoms with Crippen LogP contribution in [0.25, 0.3) is 0 Å². The molecule has 82 valence electrons. The van der Waals surface area contributed by atoms with Crippen molar-refractivity contribution in [2.75, 3.05) is 0 Å². The predicted octanol–water partition coefficient (Wildman–Crippen LogP) is 4.79. The van der Waals surface area contributed by atoms with Gasteiger partial charge in [0.05, 0.1) is 0 Å². The van der Waals surface area contributed by atoms with Crippen LogP contribution in [0.3, 0.4) is 0 Å². The van der Waals surface area contributed by atoms with E-state index in [1.54, 1.807) is 0 Å². The molecule has 0 aliphatic carbocycles. The number of hydrogen-bond acceptors (Lipinski definition) is 0. The summed E-state index contributed by atoms with van der Waals surface area (Å²) in [5.74, 6) is 7.23. The highest BCUT2D eigenvalue weighted by Gasteiger charge is 1.92. The van der Waals surface area contributed by atoms with E-state index in [-0.39, 0.29) is 0 Å². The van der Waals surface area contributed by atoms with E-state index in [1.807, 2.05) is 0 Å². The Hall–Kier alpha value is -0.440. The van der Waals surface area contributed by atoms with E-state index in [4.69, 9.17) is 0 Å². The van der Waals surface area contributed by atoms with Crippen LogP contribution in [0.4, 0.5) is 0 Å². The Kier molecular flexibility index (Phi) is 10.3. The molecule has 1 unspecified atom stereocenters. The first kappa shape index (κ1) is 13.6. The summed E-state index contributed by atoms with van der Waals surface area (Å²) >= 11 is 0. The molecule has 0 nitrogen and oxygen atoms in total. The average Bonchev–Trinajstić information content (AvgIpc) is 2.17. The highest BCUT2D eigenvalue weighted by Crippen LogP contribution is 2.05. The molecule has 1 atom stereocenters. The predicted molar refractivity (Wildman–Crippen MR) is 65.2 cm³/mol. The maximum Gasteiger partial charge on any atom is 0.0174 e. The van der Waals surface area contributed by atoms with Crippen LogP contribution < -0.4 is 0 Å². The van der Waals surface area contributed by atoms with Gasteiger partial charge in [-0.15, -0.1) is 11.8 Å². The summed E-state index contributed by atoms with van der Waals surface area (Å²) in [5.41, 5.74) is 0. The normalized spacial score (nSPS) is 11.9. The quantitative estimate of drug-likeness (QED) is 0.404. The third-order valence-electron chi connectivity index (χ3n) is 2.48. The first-order valence-corrected chi connectivity index (χ1v) is 6.29. The standard InChI is InChI=1S/C14H26/c1-4-6-7-8-9-10-11-13-14(3)12-5-2/h14H,4-10,12H2,1-3H3. The first-order valence-electron chi connectivity index (χ1n) is 6.29. The van der Waals surface area contributed by atoms with Crippen LogP contribution in [0.5, 0.6) is 0 Å². The van der Waals surface area contributed by atoms with Gasteiger partial charge in [-0.05, 0) is 12.8 Å². The van der Waals surface area contributed by atoms with Crippen LogP contribution in [-0.2, 0) is 0 Å². The minimum atomic E-state index is 0.607. The summed E-state index contributed by atoms with van der Waals surface area (Å²) in [4.78, 5) is 0. The molecule has 0 saturated heterocycles. The van der Waals surface area contributed by atoms with Gasteiger partial charge in [0.15, 0.2) is 0 Å². The lowest BCUT2D eigenvalue weighted by atomic mass is 10.1. The van der Waals surface area contributed by atoms with Crippen molar-refractivity contribution in [2.24, 2.45) is 5.92 Å². The van der Waals surface area contributed by atoms with Crippen LogP contribution >= 0.6 is 0 Å². The van der Waals surface area contributed by atoms with Gasteiger partial charge in [-0.2, -0.15) is 0 Å². The van der Waals surface area contributed by atoms with Crippen LogP contribution in [0.2, 0.25) is 0 Å². The summed E-state index contributed by atoms with van der Waals surface area (Å²) in [6.07, 6.45) is 10.4. The Bertz CT molecular complexity index is 159. The Morgan fingerprint density at radius 2 is 1.64 bits per heavy atom. The van der Waals surface area contributed by atoms with E-state index in [0.29, 0.717) is 5.92 Å². The van der Waals surface area contributed by atoms with Crippen LogP contribution in [0.15, 0.2) is 0 Å². The Morgan fingerprint density at radius 1 is 0.929 bits per heavy atom. The van der Waals surface area contributed by atoms with Crippen LogP contribution in [0.1, 0.15) is 72.1 Å².